The molecule has 0 unspecified atom stereocenters. The maximum absolute atomic E-state index is 9.32. The molecule has 2 aliphatic heterocycles. The molecule has 0 amide bonds. The van der Waals surface area contributed by atoms with Crippen molar-refractivity contribution in [2.45, 2.75) is 144 Å². The number of anilines is 9. The van der Waals surface area contributed by atoms with Crippen molar-refractivity contribution in [3.8, 4) is 11.1 Å². The summed E-state index contributed by atoms with van der Waals surface area (Å²) in [5, 5.41) is 0. The van der Waals surface area contributed by atoms with Crippen molar-refractivity contribution in [1.29, 1.82) is 0 Å². The molecule has 2 heterocycles. The third-order valence-corrected chi connectivity index (χ3v) is 16.8. The van der Waals surface area contributed by atoms with Crippen LogP contribution in [0.15, 0.2) is 164 Å². The molecule has 374 valence electrons. The molecule has 0 radical (unpaired) electrons. The van der Waals surface area contributed by atoms with E-state index in [1.165, 1.54) is 38.7 Å². The minimum absolute atomic E-state index is 0.00225. The zero-order valence-corrected chi connectivity index (χ0v) is 46.4. The van der Waals surface area contributed by atoms with Crippen LogP contribution in [0.1, 0.15) is 146 Å². The van der Waals surface area contributed by atoms with Crippen molar-refractivity contribution < 1.29 is 4.11 Å². The average molecular weight is 973 g/mol. The van der Waals surface area contributed by atoms with Gasteiger partial charge in [-0.25, -0.2) is 0 Å². The second kappa shape index (κ2) is 17.4. The molecule has 11 rings (SSSR count). The molecule has 0 aromatic heterocycles. The van der Waals surface area contributed by atoms with Gasteiger partial charge >= 0.3 is 0 Å². The van der Waals surface area contributed by atoms with E-state index >= 15 is 0 Å². The Hall–Kier alpha value is -6.78. The Labute approximate surface area is 448 Å². The van der Waals surface area contributed by atoms with Crippen LogP contribution in [0.5, 0.6) is 0 Å². The maximum atomic E-state index is 9.32. The van der Waals surface area contributed by atoms with Gasteiger partial charge in [0.05, 0.1) is 5.69 Å². The summed E-state index contributed by atoms with van der Waals surface area (Å²) in [7, 11) is 0. The SMILES string of the molecule is [2H]C([2H])([2H])c1cc2c3c(c1)N(c1ccc(C(C)(C)C)cc1-c1ccccc1)c1cc4c(cc1B3c1ccc(N(c3ccccc3)c3ccc(C(C)(C)C)cc3)cc1N2c1ccc(C(C)(C)C)cc1C)C(C)(C)CCC4(C)C. The summed E-state index contributed by atoms with van der Waals surface area (Å²) in [6.07, 6.45) is 2.15. The molecule has 0 atom stereocenters. The van der Waals surface area contributed by atoms with E-state index in [2.05, 4.69) is 263 Å². The van der Waals surface area contributed by atoms with Gasteiger partial charge in [-0.05, 0) is 187 Å². The number of hydrogen-bond donors (Lipinski definition) is 0. The smallest absolute Gasteiger partial charge is 0.252 e. The van der Waals surface area contributed by atoms with Crippen molar-refractivity contribution in [2.24, 2.45) is 0 Å². The number of aryl methyl sites for hydroxylation is 2. The number of rotatable bonds is 6. The van der Waals surface area contributed by atoms with E-state index in [-0.39, 0.29) is 33.8 Å². The van der Waals surface area contributed by atoms with E-state index in [1.54, 1.807) is 0 Å². The summed E-state index contributed by atoms with van der Waals surface area (Å²) < 4.78 is 28.0. The third-order valence-electron chi connectivity index (χ3n) is 16.8. The van der Waals surface area contributed by atoms with E-state index in [4.69, 9.17) is 0 Å². The van der Waals surface area contributed by atoms with Crippen LogP contribution in [-0.4, -0.2) is 6.71 Å². The summed E-state index contributed by atoms with van der Waals surface area (Å²) in [4.78, 5) is 7.23. The first-order valence-electron chi connectivity index (χ1n) is 28.5. The van der Waals surface area contributed by atoms with Crippen LogP contribution >= 0.6 is 0 Å². The normalized spacial score (nSPS) is 16.3. The lowest BCUT2D eigenvalue weighted by atomic mass is 9.33. The zero-order valence-electron chi connectivity index (χ0n) is 49.4. The molecule has 8 aromatic rings. The van der Waals surface area contributed by atoms with Gasteiger partial charge in [0, 0.05) is 55.2 Å². The van der Waals surface area contributed by atoms with E-state index in [0.717, 1.165) is 86.2 Å². The van der Waals surface area contributed by atoms with Gasteiger partial charge in [-0.15, -0.1) is 0 Å². The third kappa shape index (κ3) is 8.38. The largest absolute Gasteiger partial charge is 0.311 e. The van der Waals surface area contributed by atoms with Crippen molar-refractivity contribution in [3.05, 3.63) is 203 Å². The molecule has 1 aliphatic carbocycles. The highest BCUT2D eigenvalue weighted by atomic mass is 15.2. The van der Waals surface area contributed by atoms with E-state index < -0.39 is 6.85 Å². The molecule has 0 bridgehead atoms. The average Bonchev–Trinajstić information content (AvgIpc) is 3.48. The summed E-state index contributed by atoms with van der Waals surface area (Å²) in [5.74, 6) is 0. The Morgan fingerprint density at radius 2 is 0.959 bits per heavy atom. The molecule has 0 N–H and O–H groups in total. The van der Waals surface area contributed by atoms with Crippen LogP contribution in [0.3, 0.4) is 0 Å². The fourth-order valence-electron chi connectivity index (χ4n) is 12.3. The van der Waals surface area contributed by atoms with Gasteiger partial charge in [-0.1, -0.05) is 181 Å². The van der Waals surface area contributed by atoms with Crippen LogP contribution in [0.4, 0.5) is 51.2 Å². The van der Waals surface area contributed by atoms with Gasteiger partial charge in [-0.2, -0.15) is 0 Å². The highest BCUT2D eigenvalue weighted by molar-refractivity contribution is 7.00. The Kier molecular flexibility index (Phi) is 10.8. The Balaban J connectivity index is 1.28. The first-order chi connectivity index (χ1) is 36.1. The first-order valence-corrected chi connectivity index (χ1v) is 27.0. The second-order valence-electron chi connectivity index (χ2n) is 26.1. The van der Waals surface area contributed by atoms with Gasteiger partial charge in [0.2, 0.25) is 0 Å². The summed E-state index contributed by atoms with van der Waals surface area (Å²) >= 11 is 0. The van der Waals surface area contributed by atoms with Gasteiger partial charge in [0.25, 0.3) is 6.71 Å². The molecule has 0 saturated heterocycles. The number of para-hydroxylation sites is 1. The Morgan fingerprint density at radius 1 is 0.459 bits per heavy atom. The molecule has 0 fully saturated rings. The van der Waals surface area contributed by atoms with Crippen molar-refractivity contribution in [2.75, 3.05) is 14.7 Å². The lowest BCUT2D eigenvalue weighted by Gasteiger charge is -2.48. The molecule has 8 aromatic carbocycles. The fraction of sp³-hybridized carbons (Fsp3) is 0.314. The molecule has 74 heavy (non-hydrogen) atoms. The van der Waals surface area contributed by atoms with E-state index in [1.807, 2.05) is 12.1 Å². The number of fused-ring (bicyclic) bond motifs is 5. The van der Waals surface area contributed by atoms with Crippen molar-refractivity contribution >= 4 is 74.3 Å². The molecule has 4 heteroatoms. The predicted octanol–water partition coefficient (Wildman–Crippen LogP) is 17.8. The van der Waals surface area contributed by atoms with Gasteiger partial charge in [0.1, 0.15) is 0 Å². The lowest BCUT2D eigenvalue weighted by molar-refractivity contribution is 0.332. The number of hydrogen-bond acceptors (Lipinski definition) is 3. The predicted molar refractivity (Wildman–Crippen MR) is 321 cm³/mol. The molecular formula is C70H76BN3. The van der Waals surface area contributed by atoms with Crippen molar-refractivity contribution in [3.63, 3.8) is 0 Å². The maximum Gasteiger partial charge on any atom is 0.252 e. The fourth-order valence-corrected chi connectivity index (χ4v) is 12.3. The molecule has 3 nitrogen and oxygen atoms in total. The van der Waals surface area contributed by atoms with E-state index in [9.17, 15) is 4.11 Å². The van der Waals surface area contributed by atoms with Crippen LogP contribution in [0.25, 0.3) is 11.1 Å². The highest BCUT2D eigenvalue weighted by Crippen LogP contribution is 2.53. The molecule has 3 aliphatic rings. The number of nitrogens with zero attached hydrogens (tertiary/aromatic N) is 3. The minimum atomic E-state index is -2.42. The van der Waals surface area contributed by atoms with Crippen molar-refractivity contribution in [1.82, 2.24) is 0 Å². The topological polar surface area (TPSA) is 9.72 Å². The zero-order chi connectivity index (χ0) is 54.9. The molecule has 0 saturated carbocycles. The van der Waals surface area contributed by atoms with Crippen LogP contribution < -0.4 is 31.1 Å². The second-order valence-corrected chi connectivity index (χ2v) is 26.1. The minimum Gasteiger partial charge on any atom is -0.311 e. The summed E-state index contributed by atoms with van der Waals surface area (Å²) in [6.45, 7) is 29.6. The van der Waals surface area contributed by atoms with Crippen LogP contribution in [0.2, 0.25) is 0 Å². The molecular weight excluding hydrogens is 894 g/mol. The van der Waals surface area contributed by atoms with E-state index in [0.29, 0.717) is 5.56 Å². The standard InChI is InChI=1S/C70H76BN3/c1-45-38-63-65-64(39-45)74(60-35-29-50(68(9,10)11)41-54(60)47-22-18-16-19-23-47)62-44-56-55(69(12,13)36-37-70(56,14)15)43-58(62)71(65)57-33-32-53(42-61(57)73(63)59-34-28-49(40-46(59)2)67(6,7)8)72(51-24-20-17-21-25-51)52-30-26-48(27-31-52)66(3,4)5/h16-35,38-44H,36-37H2,1-15H3/i1D3. The number of benzene rings is 8. The summed E-state index contributed by atoms with van der Waals surface area (Å²) in [5.41, 5.74) is 22.4. The quantitative estimate of drug-likeness (QED) is 0.154. The Bertz CT molecular complexity index is 3590. The summed E-state index contributed by atoms with van der Waals surface area (Å²) in [6, 6.07) is 60.4. The molecule has 0 spiro atoms. The Morgan fingerprint density at radius 3 is 1.54 bits per heavy atom. The van der Waals surface area contributed by atoms with Crippen LogP contribution in [0, 0.1) is 13.8 Å². The van der Waals surface area contributed by atoms with Gasteiger partial charge in [0.15, 0.2) is 0 Å². The lowest BCUT2D eigenvalue weighted by Crippen LogP contribution is -2.62. The highest BCUT2D eigenvalue weighted by Gasteiger charge is 2.47. The first kappa shape index (κ1) is 45.8. The van der Waals surface area contributed by atoms with Gasteiger partial charge < -0.3 is 14.7 Å². The monoisotopic (exact) mass is 973 g/mol. The van der Waals surface area contributed by atoms with Gasteiger partial charge in [-0.3, -0.25) is 0 Å². The van der Waals surface area contributed by atoms with Crippen LogP contribution in [-0.2, 0) is 27.1 Å².